The fourth-order valence-corrected chi connectivity index (χ4v) is 0.907. The number of aliphatic hydroxyl groups is 1. The van der Waals surface area contributed by atoms with Gasteiger partial charge in [-0.05, 0) is 24.2 Å². The maximum absolute atomic E-state index is 11.1. The molecule has 1 aromatic heterocycles. The van der Waals surface area contributed by atoms with E-state index in [2.05, 4.69) is 9.91 Å². The third-order valence-electron chi connectivity index (χ3n) is 1.54. The number of hydrogen-bond acceptors (Lipinski definition) is 6. The molecule has 0 radical (unpaired) electrons. The molecule has 0 aliphatic heterocycles. The van der Waals surface area contributed by atoms with Crippen LogP contribution in [0.2, 0.25) is 0 Å². The summed E-state index contributed by atoms with van der Waals surface area (Å²) in [6.45, 7) is 1.66. The highest BCUT2D eigenvalue weighted by Gasteiger charge is 2.20. The van der Waals surface area contributed by atoms with Crippen molar-refractivity contribution >= 4 is 11.7 Å². The second-order valence-corrected chi connectivity index (χ2v) is 2.49. The second-order valence-electron chi connectivity index (χ2n) is 2.49. The standard InChI is InChI=1S/C9H9NO5/c1-2-14-9(12)7(10-13)8(11)6-4-3-5-15-6/h3-5,11H,2H2,1H3. The van der Waals surface area contributed by atoms with E-state index >= 15 is 0 Å². The lowest BCUT2D eigenvalue weighted by Crippen LogP contribution is -2.07. The van der Waals surface area contributed by atoms with E-state index in [-0.39, 0.29) is 12.4 Å². The summed E-state index contributed by atoms with van der Waals surface area (Å²) in [5.74, 6) is -1.63. The summed E-state index contributed by atoms with van der Waals surface area (Å²) >= 11 is 0. The molecule has 0 aliphatic carbocycles. The molecule has 0 fully saturated rings. The van der Waals surface area contributed by atoms with E-state index in [9.17, 15) is 14.8 Å². The van der Waals surface area contributed by atoms with Gasteiger partial charge in [-0.15, -0.1) is 4.91 Å². The van der Waals surface area contributed by atoms with Crippen LogP contribution in [0.3, 0.4) is 0 Å². The van der Waals surface area contributed by atoms with E-state index in [1.54, 1.807) is 6.92 Å². The van der Waals surface area contributed by atoms with Crippen molar-refractivity contribution in [2.75, 3.05) is 6.61 Å². The summed E-state index contributed by atoms with van der Waals surface area (Å²) in [6, 6.07) is 2.89. The van der Waals surface area contributed by atoms with Crippen LogP contribution in [0.25, 0.3) is 5.76 Å². The summed E-state index contributed by atoms with van der Waals surface area (Å²) in [4.78, 5) is 21.5. The minimum Gasteiger partial charge on any atom is -0.502 e. The minimum absolute atomic E-state index is 0.0161. The van der Waals surface area contributed by atoms with Crippen molar-refractivity contribution in [1.82, 2.24) is 0 Å². The molecule has 0 aliphatic rings. The SMILES string of the molecule is CCOC(=O)C(N=O)=C(O)c1ccco1. The van der Waals surface area contributed by atoms with Crippen LogP contribution in [-0.4, -0.2) is 17.7 Å². The van der Waals surface area contributed by atoms with Gasteiger partial charge in [-0.2, -0.15) is 0 Å². The molecule has 0 saturated carbocycles. The molecule has 0 spiro atoms. The van der Waals surface area contributed by atoms with Crippen molar-refractivity contribution < 1.29 is 19.1 Å². The summed E-state index contributed by atoms with van der Waals surface area (Å²) in [5, 5.41) is 11.9. The maximum Gasteiger partial charge on any atom is 0.364 e. The van der Waals surface area contributed by atoms with Gasteiger partial charge >= 0.3 is 5.97 Å². The molecule has 0 aromatic carbocycles. The van der Waals surface area contributed by atoms with Crippen LogP contribution in [0.15, 0.2) is 33.7 Å². The zero-order chi connectivity index (χ0) is 11.3. The first-order valence-electron chi connectivity index (χ1n) is 4.18. The van der Waals surface area contributed by atoms with Gasteiger partial charge in [0.2, 0.25) is 5.70 Å². The summed E-state index contributed by atoms with van der Waals surface area (Å²) in [7, 11) is 0. The Morgan fingerprint density at radius 1 is 1.67 bits per heavy atom. The Kier molecular flexibility index (Phi) is 3.61. The number of ether oxygens (including phenoxy) is 1. The Bertz CT molecular complexity index is 379. The molecule has 0 saturated heterocycles. The fraction of sp³-hybridized carbons (Fsp3) is 0.222. The fourth-order valence-electron chi connectivity index (χ4n) is 0.907. The van der Waals surface area contributed by atoms with E-state index in [0.717, 1.165) is 0 Å². The Hall–Kier alpha value is -2.11. The third kappa shape index (κ3) is 2.43. The average molecular weight is 211 g/mol. The van der Waals surface area contributed by atoms with E-state index in [0.29, 0.717) is 0 Å². The van der Waals surface area contributed by atoms with Gasteiger partial charge in [0.1, 0.15) is 0 Å². The van der Waals surface area contributed by atoms with Gasteiger partial charge in [0.15, 0.2) is 11.5 Å². The first-order valence-corrected chi connectivity index (χ1v) is 4.18. The zero-order valence-corrected chi connectivity index (χ0v) is 7.97. The van der Waals surface area contributed by atoms with E-state index in [1.807, 2.05) is 0 Å². The minimum atomic E-state index is -0.985. The molecule has 15 heavy (non-hydrogen) atoms. The zero-order valence-electron chi connectivity index (χ0n) is 7.97. The van der Waals surface area contributed by atoms with Crippen molar-refractivity contribution in [2.45, 2.75) is 6.92 Å². The first-order chi connectivity index (χ1) is 7.20. The number of esters is 1. The van der Waals surface area contributed by atoms with E-state index in [4.69, 9.17) is 4.42 Å². The van der Waals surface area contributed by atoms with Crippen LogP contribution in [0.5, 0.6) is 0 Å². The Labute approximate surface area is 85.1 Å². The maximum atomic E-state index is 11.1. The molecule has 0 atom stereocenters. The van der Waals surface area contributed by atoms with Crippen molar-refractivity contribution in [3.63, 3.8) is 0 Å². The van der Waals surface area contributed by atoms with Crippen molar-refractivity contribution in [1.29, 1.82) is 0 Å². The van der Waals surface area contributed by atoms with Gasteiger partial charge < -0.3 is 14.3 Å². The summed E-state index contributed by atoms with van der Waals surface area (Å²) < 4.78 is 9.31. The molecule has 0 amide bonds. The topological polar surface area (TPSA) is 89.1 Å². The van der Waals surface area contributed by atoms with Crippen molar-refractivity contribution in [3.8, 4) is 0 Å². The second kappa shape index (κ2) is 4.94. The highest BCUT2D eigenvalue weighted by Crippen LogP contribution is 2.18. The third-order valence-corrected chi connectivity index (χ3v) is 1.54. The molecule has 0 unspecified atom stereocenters. The van der Waals surface area contributed by atoms with E-state index in [1.165, 1.54) is 18.4 Å². The highest BCUT2D eigenvalue weighted by molar-refractivity contribution is 5.94. The van der Waals surface area contributed by atoms with Gasteiger partial charge in [-0.1, -0.05) is 0 Å². The first kappa shape index (κ1) is 11.0. The molecule has 1 heterocycles. The molecule has 1 aromatic rings. The molecule has 6 heteroatoms. The van der Waals surface area contributed by atoms with Gasteiger partial charge in [0.05, 0.1) is 12.9 Å². The number of hydrogen-bond donors (Lipinski definition) is 1. The molecule has 1 N–H and O–H groups in total. The molecular formula is C9H9NO5. The van der Waals surface area contributed by atoms with Crippen LogP contribution >= 0.6 is 0 Å². The van der Waals surface area contributed by atoms with Crippen LogP contribution < -0.4 is 0 Å². The number of furan rings is 1. The molecular weight excluding hydrogens is 202 g/mol. The lowest BCUT2D eigenvalue weighted by Gasteiger charge is -2.01. The number of carbonyl (C=O) groups excluding carboxylic acids is 1. The molecule has 0 bridgehead atoms. The predicted molar refractivity (Wildman–Crippen MR) is 50.7 cm³/mol. The molecule has 1 rings (SSSR count). The number of nitrogens with zero attached hydrogens (tertiary/aromatic N) is 1. The van der Waals surface area contributed by atoms with Gasteiger partial charge in [-0.25, -0.2) is 4.79 Å². The van der Waals surface area contributed by atoms with Gasteiger partial charge in [-0.3, -0.25) is 0 Å². The van der Waals surface area contributed by atoms with Gasteiger partial charge in [0.25, 0.3) is 0 Å². The average Bonchev–Trinajstić information content (AvgIpc) is 2.71. The molecule has 80 valence electrons. The van der Waals surface area contributed by atoms with Crippen LogP contribution in [-0.2, 0) is 9.53 Å². The Morgan fingerprint density at radius 2 is 2.40 bits per heavy atom. The van der Waals surface area contributed by atoms with Crippen molar-refractivity contribution in [3.05, 3.63) is 34.8 Å². The Morgan fingerprint density at radius 3 is 2.87 bits per heavy atom. The number of carbonyl (C=O) groups is 1. The van der Waals surface area contributed by atoms with Crippen molar-refractivity contribution in [2.24, 2.45) is 5.18 Å². The van der Waals surface area contributed by atoms with Crippen LogP contribution in [0.1, 0.15) is 12.7 Å². The number of rotatable bonds is 4. The quantitative estimate of drug-likeness (QED) is 0.355. The normalized spacial score (nSPS) is 11.8. The number of aliphatic hydroxyl groups excluding tert-OH is 1. The monoisotopic (exact) mass is 211 g/mol. The lowest BCUT2D eigenvalue weighted by atomic mass is 10.3. The van der Waals surface area contributed by atoms with Gasteiger partial charge in [0, 0.05) is 0 Å². The predicted octanol–water partition coefficient (Wildman–Crippen LogP) is 1.84. The van der Waals surface area contributed by atoms with Crippen LogP contribution in [0, 0.1) is 4.91 Å². The smallest absolute Gasteiger partial charge is 0.364 e. The summed E-state index contributed by atoms with van der Waals surface area (Å²) in [6.07, 6.45) is 1.29. The lowest BCUT2D eigenvalue weighted by molar-refractivity contribution is -0.138. The number of nitroso groups, excluding NO2 is 1. The summed E-state index contributed by atoms with van der Waals surface area (Å²) in [5.41, 5.74) is -0.702. The highest BCUT2D eigenvalue weighted by atomic mass is 16.5. The largest absolute Gasteiger partial charge is 0.502 e. The molecule has 6 nitrogen and oxygen atoms in total. The van der Waals surface area contributed by atoms with Crippen LogP contribution in [0.4, 0.5) is 0 Å². The Balaban J connectivity index is 3.03. The van der Waals surface area contributed by atoms with E-state index < -0.39 is 17.4 Å².